The first-order valence-corrected chi connectivity index (χ1v) is 8.88. The molecule has 3 heterocycles. The molecule has 0 aliphatic carbocycles. The van der Waals surface area contributed by atoms with E-state index in [1.54, 1.807) is 0 Å². The highest BCUT2D eigenvalue weighted by Crippen LogP contribution is 2.32. The van der Waals surface area contributed by atoms with Crippen molar-refractivity contribution in [1.82, 2.24) is 19.6 Å². The van der Waals surface area contributed by atoms with Gasteiger partial charge in [-0.05, 0) is 24.6 Å². The lowest BCUT2D eigenvalue weighted by atomic mass is 10.2. The first-order valence-electron chi connectivity index (χ1n) is 8.07. The molecular formula is C17H13N5O5S. The quantitative estimate of drug-likeness (QED) is 0.285. The van der Waals surface area contributed by atoms with Crippen LogP contribution in [-0.2, 0) is 11.3 Å². The lowest BCUT2D eigenvalue weighted by molar-refractivity contribution is -0.384. The Morgan fingerprint density at radius 2 is 2.07 bits per heavy atom. The van der Waals surface area contributed by atoms with Gasteiger partial charge >= 0.3 is 5.97 Å². The van der Waals surface area contributed by atoms with Gasteiger partial charge in [0.05, 0.1) is 17.4 Å². The number of hydrogen-bond donors (Lipinski definition) is 0. The Kier molecular flexibility index (Phi) is 4.35. The number of esters is 1. The Hall–Kier alpha value is -3.60. The summed E-state index contributed by atoms with van der Waals surface area (Å²) in [6.45, 7) is 1.89. The van der Waals surface area contributed by atoms with Gasteiger partial charge in [-0.2, -0.15) is 0 Å². The summed E-state index contributed by atoms with van der Waals surface area (Å²) < 4.78 is 11.9. The highest BCUT2D eigenvalue weighted by molar-refractivity contribution is 7.20. The second-order valence-electron chi connectivity index (χ2n) is 5.81. The van der Waals surface area contributed by atoms with Crippen molar-refractivity contribution in [3.63, 3.8) is 0 Å². The van der Waals surface area contributed by atoms with Gasteiger partial charge in [-0.1, -0.05) is 0 Å². The summed E-state index contributed by atoms with van der Waals surface area (Å²) in [4.78, 5) is 32.1. The van der Waals surface area contributed by atoms with Crippen LogP contribution in [0.5, 0.6) is 5.75 Å². The van der Waals surface area contributed by atoms with Crippen LogP contribution in [0.3, 0.4) is 0 Å². The van der Waals surface area contributed by atoms with E-state index >= 15 is 0 Å². The molecule has 0 atom stereocenters. The van der Waals surface area contributed by atoms with Crippen molar-refractivity contribution in [3.05, 3.63) is 57.0 Å². The summed E-state index contributed by atoms with van der Waals surface area (Å²) in [5.74, 6) is 0.463. The highest BCUT2D eigenvalue weighted by atomic mass is 32.1. The number of ether oxygens (including phenoxy) is 2. The zero-order valence-electron chi connectivity index (χ0n) is 14.8. The number of rotatable bonds is 5. The largest absolute Gasteiger partial charge is 0.486 e. The Labute approximate surface area is 161 Å². The number of benzene rings is 1. The molecule has 0 spiro atoms. The minimum Gasteiger partial charge on any atom is -0.486 e. The predicted molar refractivity (Wildman–Crippen MR) is 99.7 cm³/mol. The first-order chi connectivity index (χ1) is 13.5. The molecule has 28 heavy (non-hydrogen) atoms. The number of nitro benzene ring substituents is 1. The number of aromatic nitrogens is 4. The van der Waals surface area contributed by atoms with Crippen LogP contribution < -0.4 is 4.74 Å². The predicted octanol–water partition coefficient (Wildman–Crippen LogP) is 2.92. The van der Waals surface area contributed by atoms with Gasteiger partial charge in [0.15, 0.2) is 11.5 Å². The highest BCUT2D eigenvalue weighted by Gasteiger charge is 2.20. The molecule has 0 fully saturated rings. The zero-order valence-corrected chi connectivity index (χ0v) is 15.6. The van der Waals surface area contributed by atoms with Crippen LogP contribution in [0, 0.1) is 17.0 Å². The molecule has 0 amide bonds. The van der Waals surface area contributed by atoms with Crippen LogP contribution in [0.25, 0.3) is 15.9 Å². The molecule has 0 unspecified atom stereocenters. The number of thiophene rings is 1. The third-order valence-corrected chi connectivity index (χ3v) is 5.28. The van der Waals surface area contributed by atoms with Crippen LogP contribution in [0.1, 0.15) is 21.1 Å². The van der Waals surface area contributed by atoms with Crippen LogP contribution in [0.2, 0.25) is 0 Å². The number of non-ortho nitro benzene ring substituents is 1. The molecule has 0 aliphatic heterocycles. The lowest BCUT2D eigenvalue weighted by Crippen LogP contribution is -1.99. The van der Waals surface area contributed by atoms with Gasteiger partial charge in [0.25, 0.3) is 5.69 Å². The van der Waals surface area contributed by atoms with Crippen LogP contribution in [0.4, 0.5) is 5.69 Å². The number of nitrogens with zero attached hydrogens (tertiary/aromatic N) is 5. The van der Waals surface area contributed by atoms with E-state index in [4.69, 9.17) is 9.47 Å². The Morgan fingerprint density at radius 3 is 2.75 bits per heavy atom. The molecule has 11 heteroatoms. The average Bonchev–Trinajstić information content (AvgIpc) is 3.26. The Bertz CT molecular complexity index is 1210. The summed E-state index contributed by atoms with van der Waals surface area (Å²) >= 11 is 1.24. The molecule has 1 aromatic carbocycles. The first kappa shape index (κ1) is 17.8. The molecule has 10 nitrogen and oxygen atoms in total. The van der Waals surface area contributed by atoms with E-state index in [0.717, 1.165) is 10.9 Å². The van der Waals surface area contributed by atoms with Crippen molar-refractivity contribution in [1.29, 1.82) is 0 Å². The fraction of sp³-hybridized carbons (Fsp3) is 0.176. The van der Waals surface area contributed by atoms with E-state index in [0.29, 0.717) is 26.9 Å². The third-order valence-electron chi connectivity index (χ3n) is 4.10. The van der Waals surface area contributed by atoms with Crippen molar-refractivity contribution < 1.29 is 19.2 Å². The Balaban J connectivity index is 1.64. The van der Waals surface area contributed by atoms with E-state index in [1.165, 1.54) is 53.6 Å². The maximum Gasteiger partial charge on any atom is 0.348 e. The summed E-state index contributed by atoms with van der Waals surface area (Å²) in [5.41, 5.74) is 1.29. The number of methoxy groups -OCH3 is 1. The fourth-order valence-electron chi connectivity index (χ4n) is 2.74. The average molecular weight is 399 g/mol. The molecule has 0 radical (unpaired) electrons. The van der Waals surface area contributed by atoms with E-state index in [-0.39, 0.29) is 12.3 Å². The normalized spacial score (nSPS) is 11.1. The van der Waals surface area contributed by atoms with Gasteiger partial charge in [-0.3, -0.25) is 10.1 Å². The van der Waals surface area contributed by atoms with Gasteiger partial charge in [-0.25, -0.2) is 19.3 Å². The lowest BCUT2D eigenvalue weighted by Gasteiger charge is -2.02. The van der Waals surface area contributed by atoms with E-state index in [2.05, 4.69) is 15.1 Å². The van der Waals surface area contributed by atoms with E-state index in [9.17, 15) is 14.9 Å². The smallest absolute Gasteiger partial charge is 0.348 e. The van der Waals surface area contributed by atoms with E-state index < -0.39 is 10.9 Å². The molecule has 0 N–H and O–H groups in total. The minimum absolute atomic E-state index is 0.0129. The maximum atomic E-state index is 11.9. The number of carbonyl (C=O) groups excluding carboxylic acids is 1. The SMILES string of the molecule is COC(=O)c1sc2ncn3nc(COc4ccc([N+](=O)[O-])cc4)nc3c2c1C. The molecule has 0 bridgehead atoms. The van der Waals surface area contributed by atoms with Crippen molar-refractivity contribution >= 4 is 38.9 Å². The van der Waals surface area contributed by atoms with Crippen molar-refractivity contribution in [2.45, 2.75) is 13.5 Å². The second-order valence-corrected chi connectivity index (χ2v) is 6.81. The van der Waals surface area contributed by atoms with E-state index in [1.807, 2.05) is 6.92 Å². The van der Waals surface area contributed by atoms with Gasteiger partial charge in [0.1, 0.15) is 28.4 Å². The molecule has 0 saturated heterocycles. The van der Waals surface area contributed by atoms with Crippen molar-refractivity contribution in [2.24, 2.45) is 0 Å². The summed E-state index contributed by atoms with van der Waals surface area (Å²) in [6.07, 6.45) is 1.52. The van der Waals surface area contributed by atoms with Crippen LogP contribution in [0.15, 0.2) is 30.6 Å². The van der Waals surface area contributed by atoms with Crippen molar-refractivity contribution in [2.75, 3.05) is 7.11 Å². The van der Waals surface area contributed by atoms with Crippen LogP contribution >= 0.6 is 11.3 Å². The molecule has 0 aliphatic rings. The minimum atomic E-state index is -0.475. The summed E-state index contributed by atoms with van der Waals surface area (Å²) in [7, 11) is 1.33. The number of carbonyl (C=O) groups is 1. The summed E-state index contributed by atoms with van der Waals surface area (Å²) in [5, 5.41) is 15.8. The van der Waals surface area contributed by atoms with Gasteiger partial charge < -0.3 is 9.47 Å². The van der Waals surface area contributed by atoms with Gasteiger partial charge in [0, 0.05) is 12.1 Å². The number of aryl methyl sites for hydroxylation is 1. The monoisotopic (exact) mass is 399 g/mol. The van der Waals surface area contributed by atoms with Crippen LogP contribution in [-0.4, -0.2) is 37.6 Å². The standard InChI is InChI=1S/C17H13N5O5S/c1-9-13-15-19-12(7-27-11-5-3-10(4-6-11)22(24)25)20-21(15)8-18-16(13)28-14(9)17(23)26-2/h3-6,8H,7H2,1-2H3. The third kappa shape index (κ3) is 3.01. The Morgan fingerprint density at radius 1 is 1.32 bits per heavy atom. The zero-order chi connectivity index (χ0) is 19.8. The van der Waals surface area contributed by atoms with Crippen molar-refractivity contribution in [3.8, 4) is 5.75 Å². The molecule has 4 rings (SSSR count). The molecule has 3 aromatic heterocycles. The number of fused-ring (bicyclic) bond motifs is 3. The number of nitro groups is 1. The fourth-order valence-corrected chi connectivity index (χ4v) is 3.80. The topological polar surface area (TPSA) is 122 Å². The molecule has 142 valence electrons. The van der Waals surface area contributed by atoms with Gasteiger partial charge in [-0.15, -0.1) is 16.4 Å². The maximum absolute atomic E-state index is 11.9. The second kappa shape index (κ2) is 6.85. The summed E-state index contributed by atoms with van der Waals surface area (Å²) in [6, 6.07) is 5.75. The molecule has 4 aromatic rings. The molecular weight excluding hydrogens is 386 g/mol. The van der Waals surface area contributed by atoms with Gasteiger partial charge in [0.2, 0.25) is 0 Å². The molecule has 0 saturated carbocycles. The number of hydrogen-bond acceptors (Lipinski definition) is 9.